The number of benzene rings is 1. The molecule has 1 aromatic carbocycles. The van der Waals surface area contributed by atoms with Crippen LogP contribution in [0.15, 0.2) is 18.2 Å². The zero-order chi connectivity index (χ0) is 14.7. The van der Waals surface area contributed by atoms with E-state index in [0.29, 0.717) is 11.6 Å². The van der Waals surface area contributed by atoms with Crippen LogP contribution >= 0.6 is 12.4 Å². The minimum absolute atomic E-state index is 0. The second-order valence-electron chi connectivity index (χ2n) is 5.41. The summed E-state index contributed by atoms with van der Waals surface area (Å²) in [6, 6.07) is 5.53. The Labute approximate surface area is 131 Å². The van der Waals surface area contributed by atoms with Crippen LogP contribution in [0, 0.1) is 18.8 Å². The molecule has 0 bridgehead atoms. The molecule has 3 N–H and O–H groups in total. The predicted molar refractivity (Wildman–Crippen MR) is 86.9 cm³/mol. The fourth-order valence-electron chi connectivity index (χ4n) is 2.16. The van der Waals surface area contributed by atoms with Crippen molar-refractivity contribution in [2.75, 3.05) is 23.7 Å². The molecule has 1 saturated heterocycles. The first-order chi connectivity index (χ1) is 9.47. The minimum atomic E-state index is -0.120. The van der Waals surface area contributed by atoms with E-state index in [4.69, 9.17) is 0 Å². The van der Waals surface area contributed by atoms with E-state index in [1.807, 2.05) is 26.0 Å². The first-order valence-corrected chi connectivity index (χ1v) is 6.87. The third-order valence-corrected chi connectivity index (χ3v) is 3.75. The standard InChI is InChI=1S/C15H21N3O2.ClH/c1-9-4-5-13(6-14(9)17-11(3)19)18-15(20)10(2)12-7-16-8-12;/h4-6,10,12,16H,7-8H2,1-3H3,(H,17,19)(H,18,20);1H. The normalized spacial score (nSPS) is 15.4. The van der Waals surface area contributed by atoms with Crippen molar-refractivity contribution in [3.63, 3.8) is 0 Å². The zero-order valence-corrected chi connectivity index (χ0v) is 13.3. The number of hydrogen-bond donors (Lipinski definition) is 3. The molecule has 1 atom stereocenters. The molecule has 1 aliphatic heterocycles. The van der Waals surface area contributed by atoms with Gasteiger partial charge in [-0.1, -0.05) is 13.0 Å². The van der Waals surface area contributed by atoms with E-state index in [0.717, 1.165) is 24.3 Å². The van der Waals surface area contributed by atoms with E-state index in [9.17, 15) is 9.59 Å². The van der Waals surface area contributed by atoms with Crippen LogP contribution < -0.4 is 16.0 Å². The van der Waals surface area contributed by atoms with E-state index in [1.165, 1.54) is 6.92 Å². The van der Waals surface area contributed by atoms with Crippen molar-refractivity contribution >= 4 is 35.6 Å². The lowest BCUT2D eigenvalue weighted by atomic mass is 9.88. The molecule has 116 valence electrons. The molecule has 0 saturated carbocycles. The summed E-state index contributed by atoms with van der Waals surface area (Å²) in [6.07, 6.45) is 0. The SMILES string of the molecule is CC(=O)Nc1cc(NC(=O)C(C)C2CNC2)ccc1C.Cl. The van der Waals surface area contributed by atoms with Crippen LogP contribution in [0.3, 0.4) is 0 Å². The Morgan fingerprint density at radius 3 is 2.48 bits per heavy atom. The molecule has 6 heteroatoms. The highest BCUT2D eigenvalue weighted by Gasteiger charge is 2.28. The van der Waals surface area contributed by atoms with Gasteiger partial charge in [0.15, 0.2) is 0 Å². The van der Waals surface area contributed by atoms with Crippen molar-refractivity contribution in [1.82, 2.24) is 5.32 Å². The Balaban J connectivity index is 0.00000220. The number of carbonyl (C=O) groups excluding carboxylic acids is 2. The summed E-state index contributed by atoms with van der Waals surface area (Å²) < 4.78 is 0. The summed E-state index contributed by atoms with van der Waals surface area (Å²) in [5.41, 5.74) is 2.41. The van der Waals surface area contributed by atoms with Gasteiger partial charge in [0.2, 0.25) is 11.8 Å². The number of halogens is 1. The monoisotopic (exact) mass is 311 g/mol. The molecule has 1 aromatic rings. The van der Waals surface area contributed by atoms with E-state index in [2.05, 4.69) is 16.0 Å². The van der Waals surface area contributed by atoms with Gasteiger partial charge in [0.25, 0.3) is 0 Å². The second-order valence-corrected chi connectivity index (χ2v) is 5.41. The van der Waals surface area contributed by atoms with Gasteiger partial charge >= 0.3 is 0 Å². The number of aryl methyl sites for hydroxylation is 1. The third kappa shape index (κ3) is 4.44. The van der Waals surface area contributed by atoms with Crippen LogP contribution in [0.5, 0.6) is 0 Å². The largest absolute Gasteiger partial charge is 0.326 e. The Morgan fingerprint density at radius 1 is 1.29 bits per heavy atom. The topological polar surface area (TPSA) is 70.2 Å². The number of hydrogen-bond acceptors (Lipinski definition) is 3. The van der Waals surface area contributed by atoms with Gasteiger partial charge in [-0.25, -0.2) is 0 Å². The predicted octanol–water partition coefficient (Wildman–Crippen LogP) is 2.17. The lowest BCUT2D eigenvalue weighted by Crippen LogP contribution is -2.48. The number of nitrogens with one attached hydrogen (secondary N) is 3. The molecule has 5 nitrogen and oxygen atoms in total. The summed E-state index contributed by atoms with van der Waals surface area (Å²) in [5, 5.41) is 8.85. The van der Waals surface area contributed by atoms with Crippen molar-refractivity contribution in [3.05, 3.63) is 23.8 Å². The summed E-state index contributed by atoms with van der Waals surface area (Å²) in [5.74, 6) is 0.302. The molecule has 0 spiro atoms. The van der Waals surface area contributed by atoms with E-state index < -0.39 is 0 Å². The van der Waals surface area contributed by atoms with Crippen molar-refractivity contribution < 1.29 is 9.59 Å². The quantitative estimate of drug-likeness (QED) is 0.798. The van der Waals surface area contributed by atoms with Gasteiger partial charge in [0.1, 0.15) is 0 Å². The van der Waals surface area contributed by atoms with Crippen molar-refractivity contribution in [3.8, 4) is 0 Å². The molecule has 1 aliphatic rings. The highest BCUT2D eigenvalue weighted by atomic mass is 35.5. The van der Waals surface area contributed by atoms with Gasteiger partial charge in [-0.15, -0.1) is 12.4 Å². The fraction of sp³-hybridized carbons (Fsp3) is 0.467. The smallest absolute Gasteiger partial charge is 0.227 e. The fourth-order valence-corrected chi connectivity index (χ4v) is 2.16. The van der Waals surface area contributed by atoms with Crippen molar-refractivity contribution in [2.24, 2.45) is 11.8 Å². The van der Waals surface area contributed by atoms with Crippen LogP contribution in [0.1, 0.15) is 19.4 Å². The van der Waals surface area contributed by atoms with Gasteiger partial charge < -0.3 is 16.0 Å². The van der Waals surface area contributed by atoms with Crippen molar-refractivity contribution in [1.29, 1.82) is 0 Å². The molecule has 2 rings (SSSR count). The summed E-state index contributed by atoms with van der Waals surface area (Å²) in [4.78, 5) is 23.3. The van der Waals surface area contributed by atoms with Crippen LogP contribution in [-0.2, 0) is 9.59 Å². The number of anilines is 2. The molecule has 21 heavy (non-hydrogen) atoms. The second kappa shape index (κ2) is 7.43. The Kier molecular flexibility index (Phi) is 6.18. The van der Waals surface area contributed by atoms with Crippen LogP contribution in [0.4, 0.5) is 11.4 Å². The highest BCUT2D eigenvalue weighted by molar-refractivity contribution is 5.95. The maximum absolute atomic E-state index is 12.1. The number of carbonyl (C=O) groups is 2. The first-order valence-electron chi connectivity index (χ1n) is 6.87. The van der Waals surface area contributed by atoms with Crippen molar-refractivity contribution in [2.45, 2.75) is 20.8 Å². The maximum atomic E-state index is 12.1. The zero-order valence-electron chi connectivity index (χ0n) is 12.5. The Bertz CT molecular complexity index is 530. The summed E-state index contributed by atoms with van der Waals surface area (Å²) >= 11 is 0. The molecule has 0 aliphatic carbocycles. The number of rotatable bonds is 4. The lowest BCUT2D eigenvalue weighted by molar-refractivity contribution is -0.121. The Hall–Kier alpha value is -1.59. The average molecular weight is 312 g/mol. The average Bonchev–Trinajstić information content (AvgIpc) is 2.30. The van der Waals surface area contributed by atoms with Gasteiger partial charge in [-0.3, -0.25) is 9.59 Å². The summed E-state index contributed by atoms with van der Waals surface area (Å²) in [7, 11) is 0. The molecule has 1 heterocycles. The van der Waals surface area contributed by atoms with Gasteiger partial charge in [0, 0.05) is 24.2 Å². The van der Waals surface area contributed by atoms with Gasteiger partial charge in [0.05, 0.1) is 0 Å². The summed E-state index contributed by atoms with van der Waals surface area (Å²) in [6.45, 7) is 7.14. The third-order valence-electron chi connectivity index (χ3n) is 3.75. The Morgan fingerprint density at radius 2 is 1.95 bits per heavy atom. The van der Waals surface area contributed by atoms with Gasteiger partial charge in [-0.2, -0.15) is 0 Å². The molecule has 0 radical (unpaired) electrons. The molecular weight excluding hydrogens is 290 g/mol. The molecule has 1 fully saturated rings. The van der Waals surface area contributed by atoms with Gasteiger partial charge in [-0.05, 0) is 43.6 Å². The molecule has 0 aromatic heterocycles. The van der Waals surface area contributed by atoms with Crippen LogP contribution in [0.2, 0.25) is 0 Å². The van der Waals surface area contributed by atoms with Crippen LogP contribution in [-0.4, -0.2) is 24.9 Å². The van der Waals surface area contributed by atoms with E-state index >= 15 is 0 Å². The first kappa shape index (κ1) is 17.5. The van der Waals surface area contributed by atoms with E-state index in [1.54, 1.807) is 6.07 Å². The molecule has 2 amide bonds. The number of amides is 2. The lowest BCUT2D eigenvalue weighted by Gasteiger charge is -2.31. The maximum Gasteiger partial charge on any atom is 0.227 e. The molecule has 1 unspecified atom stereocenters. The van der Waals surface area contributed by atoms with Crippen LogP contribution in [0.25, 0.3) is 0 Å². The van der Waals surface area contributed by atoms with E-state index in [-0.39, 0.29) is 30.1 Å². The highest BCUT2D eigenvalue weighted by Crippen LogP contribution is 2.22. The molecular formula is C15H22ClN3O2. The minimum Gasteiger partial charge on any atom is -0.326 e.